The maximum Gasteiger partial charge on any atom is 0.146 e. The summed E-state index contributed by atoms with van der Waals surface area (Å²) in [5, 5.41) is 0. The van der Waals surface area contributed by atoms with Crippen LogP contribution in [0.1, 0.15) is 13.3 Å². The van der Waals surface area contributed by atoms with Crippen molar-refractivity contribution in [1.82, 2.24) is 14.9 Å². The lowest BCUT2D eigenvalue weighted by molar-refractivity contribution is 0.224. The zero-order chi connectivity index (χ0) is 13.8. The fourth-order valence-corrected chi connectivity index (χ4v) is 3.21. The molecule has 5 nitrogen and oxygen atoms in total. The first kappa shape index (κ1) is 14.6. The number of hydrogen-bond donors (Lipinski definition) is 1. The Hall–Kier alpha value is -0.790. The minimum atomic E-state index is 0.214. The molecule has 0 aromatic carbocycles. The molecule has 1 aliphatic rings. The fourth-order valence-electron chi connectivity index (χ4n) is 2.42. The van der Waals surface area contributed by atoms with E-state index in [-0.39, 0.29) is 6.04 Å². The van der Waals surface area contributed by atoms with Crippen molar-refractivity contribution in [3.8, 4) is 0 Å². The van der Waals surface area contributed by atoms with Gasteiger partial charge in [0.25, 0.3) is 0 Å². The van der Waals surface area contributed by atoms with Crippen LogP contribution in [-0.2, 0) is 0 Å². The van der Waals surface area contributed by atoms with Crippen LogP contribution in [0.15, 0.2) is 17.0 Å². The molecule has 0 bridgehead atoms. The Morgan fingerprint density at radius 2 is 2.16 bits per heavy atom. The third-order valence-electron chi connectivity index (χ3n) is 3.42. The van der Waals surface area contributed by atoms with Crippen LogP contribution < -0.4 is 10.6 Å². The van der Waals surface area contributed by atoms with Crippen molar-refractivity contribution >= 4 is 39.0 Å². The largest absolute Gasteiger partial charge is 0.392 e. The van der Waals surface area contributed by atoms with Crippen molar-refractivity contribution in [3.63, 3.8) is 0 Å². The summed E-state index contributed by atoms with van der Waals surface area (Å²) in [6, 6.07) is 0.214. The van der Waals surface area contributed by atoms with Gasteiger partial charge in [-0.25, -0.2) is 9.97 Å². The Morgan fingerprint density at radius 3 is 2.68 bits per heavy atom. The topological polar surface area (TPSA) is 58.3 Å². The predicted molar refractivity (Wildman–Crippen MR) is 84.4 cm³/mol. The first-order valence-corrected chi connectivity index (χ1v) is 7.57. The third kappa shape index (κ3) is 3.40. The van der Waals surface area contributed by atoms with E-state index in [1.807, 2.05) is 0 Å². The van der Waals surface area contributed by atoms with E-state index in [1.54, 1.807) is 12.5 Å². The summed E-state index contributed by atoms with van der Waals surface area (Å²) in [6.07, 6.45) is 4.32. The second kappa shape index (κ2) is 6.58. The average molecular weight is 344 g/mol. The Balaban J connectivity index is 2.00. The number of nitrogens with zero attached hydrogens (tertiary/aromatic N) is 4. The maximum absolute atomic E-state index is 5.80. The molecule has 2 heterocycles. The Kier molecular flexibility index (Phi) is 5.06. The van der Waals surface area contributed by atoms with Crippen LogP contribution in [0, 0.1) is 0 Å². The van der Waals surface area contributed by atoms with Gasteiger partial charge < -0.3 is 10.6 Å². The molecule has 1 unspecified atom stereocenters. The molecule has 1 fully saturated rings. The Labute approximate surface area is 127 Å². The zero-order valence-corrected chi connectivity index (χ0v) is 13.3. The summed E-state index contributed by atoms with van der Waals surface area (Å²) in [5.41, 5.74) is 5.80. The van der Waals surface area contributed by atoms with Crippen LogP contribution in [0.5, 0.6) is 0 Å². The van der Waals surface area contributed by atoms with Crippen molar-refractivity contribution in [1.29, 1.82) is 0 Å². The number of rotatable bonds is 4. The van der Waals surface area contributed by atoms with Gasteiger partial charge in [0.15, 0.2) is 0 Å². The lowest BCUT2D eigenvalue weighted by Crippen LogP contribution is -2.53. The van der Waals surface area contributed by atoms with Gasteiger partial charge in [-0.15, -0.1) is 0 Å². The monoisotopic (exact) mass is 343 g/mol. The van der Waals surface area contributed by atoms with Gasteiger partial charge in [0.05, 0.1) is 15.5 Å². The second-order valence-electron chi connectivity index (χ2n) is 4.54. The highest BCUT2D eigenvalue weighted by atomic mass is 79.9. The van der Waals surface area contributed by atoms with Crippen LogP contribution in [-0.4, -0.2) is 52.1 Å². The number of anilines is 1. The summed E-state index contributed by atoms with van der Waals surface area (Å²) in [5.74, 6) is 0.957. The van der Waals surface area contributed by atoms with Gasteiger partial charge in [-0.3, -0.25) is 4.90 Å². The van der Waals surface area contributed by atoms with Crippen molar-refractivity contribution in [3.05, 3.63) is 17.0 Å². The fraction of sp³-hybridized carbons (Fsp3) is 0.583. The number of hydrogen-bond acceptors (Lipinski definition) is 5. The van der Waals surface area contributed by atoms with Gasteiger partial charge in [-0.1, -0.05) is 19.1 Å². The van der Waals surface area contributed by atoms with Crippen LogP contribution in [0.4, 0.5) is 5.82 Å². The van der Waals surface area contributed by atoms with Gasteiger partial charge >= 0.3 is 0 Å². The predicted octanol–water partition coefficient (Wildman–Crippen LogP) is 1.43. The number of halogens is 1. The molecule has 1 aromatic rings. The lowest BCUT2D eigenvalue weighted by atomic mass is 10.1. The van der Waals surface area contributed by atoms with E-state index in [4.69, 9.17) is 18.0 Å². The third-order valence-corrected chi connectivity index (χ3v) is 4.25. The van der Waals surface area contributed by atoms with Crippen LogP contribution in [0.25, 0.3) is 0 Å². The van der Waals surface area contributed by atoms with E-state index >= 15 is 0 Å². The highest BCUT2D eigenvalue weighted by molar-refractivity contribution is 9.10. The highest BCUT2D eigenvalue weighted by Crippen LogP contribution is 2.23. The number of piperazine rings is 1. The van der Waals surface area contributed by atoms with Crippen LogP contribution >= 0.6 is 28.1 Å². The molecule has 0 radical (unpaired) electrons. The standard InChI is InChI=1S/C12H18BrN5S/c1-2-10(11(14)19)17-3-5-18(6-4-17)12-9(13)7-15-8-16-12/h7-8,10H,2-6H2,1H3,(H2,14,19). The molecule has 0 aliphatic carbocycles. The highest BCUT2D eigenvalue weighted by Gasteiger charge is 2.25. The van der Waals surface area contributed by atoms with Gasteiger partial charge in [0.2, 0.25) is 0 Å². The molecule has 7 heteroatoms. The molecule has 1 aromatic heterocycles. The van der Waals surface area contributed by atoms with E-state index in [9.17, 15) is 0 Å². The molecular formula is C12H18BrN5S. The van der Waals surface area contributed by atoms with Crippen molar-refractivity contribution in [2.75, 3.05) is 31.1 Å². The summed E-state index contributed by atoms with van der Waals surface area (Å²) < 4.78 is 0.935. The molecule has 1 aliphatic heterocycles. The first-order chi connectivity index (χ1) is 9.13. The SMILES string of the molecule is CCC(C(N)=S)N1CCN(c2ncncc2Br)CC1. The number of aromatic nitrogens is 2. The van der Waals surface area contributed by atoms with Gasteiger partial charge in [0.1, 0.15) is 12.1 Å². The molecular weight excluding hydrogens is 326 g/mol. The van der Waals surface area contributed by atoms with Crippen molar-refractivity contribution in [2.24, 2.45) is 5.73 Å². The molecule has 2 rings (SSSR count). The first-order valence-electron chi connectivity index (χ1n) is 6.37. The summed E-state index contributed by atoms with van der Waals surface area (Å²) in [7, 11) is 0. The van der Waals surface area contributed by atoms with Crippen LogP contribution in [0.3, 0.4) is 0 Å². The molecule has 104 valence electrons. The smallest absolute Gasteiger partial charge is 0.146 e. The van der Waals surface area contributed by atoms with Crippen LogP contribution in [0.2, 0.25) is 0 Å². The second-order valence-corrected chi connectivity index (χ2v) is 5.87. The lowest BCUT2D eigenvalue weighted by Gasteiger charge is -2.39. The average Bonchev–Trinajstić information content (AvgIpc) is 2.41. The molecule has 1 saturated heterocycles. The zero-order valence-electron chi connectivity index (χ0n) is 10.9. The van der Waals surface area contributed by atoms with Crippen molar-refractivity contribution < 1.29 is 0 Å². The van der Waals surface area contributed by atoms with Crippen molar-refractivity contribution in [2.45, 2.75) is 19.4 Å². The van der Waals surface area contributed by atoms with E-state index in [1.165, 1.54) is 0 Å². The normalized spacial score (nSPS) is 18.3. The van der Waals surface area contributed by atoms with E-state index in [0.717, 1.165) is 42.9 Å². The Bertz CT molecular complexity index is 448. The summed E-state index contributed by atoms with van der Waals surface area (Å²) in [6.45, 7) is 5.87. The van der Waals surface area contributed by atoms with E-state index < -0.39 is 0 Å². The minimum absolute atomic E-state index is 0.214. The maximum atomic E-state index is 5.80. The molecule has 2 N–H and O–H groups in total. The molecule has 19 heavy (non-hydrogen) atoms. The minimum Gasteiger partial charge on any atom is -0.392 e. The van der Waals surface area contributed by atoms with Gasteiger partial charge in [0, 0.05) is 32.4 Å². The van der Waals surface area contributed by atoms with E-state index in [0.29, 0.717) is 4.99 Å². The molecule has 0 spiro atoms. The summed E-state index contributed by atoms with van der Waals surface area (Å²) >= 11 is 8.63. The molecule has 1 atom stereocenters. The summed E-state index contributed by atoms with van der Waals surface area (Å²) in [4.78, 5) is 13.5. The molecule has 0 amide bonds. The van der Waals surface area contributed by atoms with Gasteiger partial charge in [-0.05, 0) is 22.4 Å². The molecule has 0 saturated carbocycles. The number of nitrogens with two attached hydrogens (primary N) is 1. The number of thiocarbonyl (C=S) groups is 1. The Morgan fingerprint density at radius 1 is 1.47 bits per heavy atom. The van der Waals surface area contributed by atoms with E-state index in [2.05, 4.69) is 42.6 Å². The van der Waals surface area contributed by atoms with Gasteiger partial charge in [-0.2, -0.15) is 0 Å². The quantitative estimate of drug-likeness (QED) is 0.834.